The Morgan fingerprint density at radius 2 is 2.19 bits per heavy atom. The van der Waals surface area contributed by atoms with Crippen LogP contribution in [0.3, 0.4) is 0 Å². The number of hydrogen-bond donors (Lipinski definition) is 2. The van der Waals surface area contributed by atoms with Crippen molar-refractivity contribution in [2.75, 3.05) is 7.11 Å². The predicted octanol–water partition coefficient (Wildman–Crippen LogP) is -0.0540. The number of piperidine rings is 1. The van der Waals surface area contributed by atoms with Gasteiger partial charge >= 0.3 is 21.1 Å². The second kappa shape index (κ2) is 9.31. The average molecular weight is 465 g/mol. The van der Waals surface area contributed by atoms with E-state index in [4.69, 9.17) is 5.11 Å². The van der Waals surface area contributed by atoms with Crippen LogP contribution in [0.1, 0.15) is 23.2 Å². The number of aromatic nitrogens is 1. The molecule has 1 aromatic rings. The van der Waals surface area contributed by atoms with Crippen LogP contribution in [-0.4, -0.2) is 41.0 Å². The van der Waals surface area contributed by atoms with Crippen molar-refractivity contribution < 1.29 is 44.9 Å². The molecule has 3 amide bonds. The molecule has 0 spiro atoms. The fourth-order valence-corrected chi connectivity index (χ4v) is 1.51. The number of rotatable bonds is 2. The van der Waals surface area contributed by atoms with Crippen LogP contribution in [-0.2, 0) is 30.7 Å². The summed E-state index contributed by atoms with van der Waals surface area (Å²) in [6.07, 6.45) is 1.39. The smallest absolute Gasteiger partial charge is 0.684 e. The third-order valence-corrected chi connectivity index (χ3v) is 2.39. The molecule has 1 unspecified atom stereocenters. The first-order valence-corrected chi connectivity index (χ1v) is 5.63. The molecule has 7 nitrogen and oxygen atoms in total. The molecule has 2 N–H and O–H groups in total. The Bertz CT molecular complexity index is 527. The molecule has 112 valence electrons. The minimum atomic E-state index is -0.987. The SMILES string of the molecule is CO.O=C1CCC([N-]C(=O)c2[c-]ccnc2F)C(=O)N1.[W+2]. The monoisotopic (exact) mass is 465 g/mol. The van der Waals surface area contributed by atoms with Crippen molar-refractivity contribution in [2.24, 2.45) is 0 Å². The number of aliphatic hydroxyl groups excluding tert-OH is 1. The molecule has 1 aliphatic rings. The molecular weight excluding hydrogens is 453 g/mol. The van der Waals surface area contributed by atoms with Gasteiger partial charge in [0.05, 0.1) is 0 Å². The van der Waals surface area contributed by atoms with Gasteiger partial charge in [-0.1, -0.05) is 11.8 Å². The van der Waals surface area contributed by atoms with Gasteiger partial charge in [0, 0.05) is 13.5 Å². The molecule has 0 radical (unpaired) electrons. The molecule has 0 aromatic carbocycles. The molecule has 1 atom stereocenters. The summed E-state index contributed by atoms with van der Waals surface area (Å²) in [4.78, 5) is 37.2. The normalized spacial score (nSPS) is 16.8. The number of aliphatic hydroxyl groups is 1. The largest absolute Gasteiger partial charge is 2.00 e. The van der Waals surface area contributed by atoms with Crippen LogP contribution in [0.25, 0.3) is 5.32 Å². The third kappa shape index (κ3) is 5.32. The molecule has 1 aromatic heterocycles. The first-order valence-electron chi connectivity index (χ1n) is 5.63. The predicted molar refractivity (Wildman–Crippen MR) is 65.0 cm³/mol. The molecule has 1 saturated heterocycles. The fourth-order valence-electron chi connectivity index (χ4n) is 1.51. The first-order chi connectivity index (χ1) is 9.58. The number of halogens is 1. The van der Waals surface area contributed by atoms with E-state index in [1.807, 2.05) is 0 Å². The van der Waals surface area contributed by atoms with Gasteiger partial charge in [-0.25, -0.2) is 4.39 Å². The minimum Gasteiger partial charge on any atom is -0.684 e. The van der Waals surface area contributed by atoms with E-state index in [9.17, 15) is 18.8 Å². The zero-order chi connectivity index (χ0) is 15.1. The van der Waals surface area contributed by atoms with E-state index in [2.05, 4.69) is 21.7 Å². The number of carbonyl (C=O) groups is 3. The van der Waals surface area contributed by atoms with Gasteiger partial charge in [-0.15, -0.1) is 12.1 Å². The van der Waals surface area contributed by atoms with Crippen LogP contribution in [0.4, 0.5) is 4.39 Å². The van der Waals surface area contributed by atoms with Crippen molar-refractivity contribution in [3.8, 4) is 0 Å². The number of imide groups is 1. The number of hydrogen-bond acceptors (Lipinski definition) is 5. The topological polar surface area (TPSA) is 110 Å². The van der Waals surface area contributed by atoms with Gasteiger partial charge in [0.2, 0.25) is 11.8 Å². The second-order valence-corrected chi connectivity index (χ2v) is 3.66. The quantitative estimate of drug-likeness (QED) is 0.362. The average Bonchev–Trinajstić information content (AvgIpc) is 2.44. The number of carbonyl (C=O) groups excluding carboxylic acids is 3. The summed E-state index contributed by atoms with van der Waals surface area (Å²) in [5, 5.41) is 12.6. The van der Waals surface area contributed by atoms with Crippen LogP contribution in [0.2, 0.25) is 0 Å². The first kappa shape index (κ1) is 19.3. The molecular formula is C12H12FN3O4W. The molecule has 9 heteroatoms. The molecule has 0 bridgehead atoms. The Kier molecular flexibility index (Phi) is 8.57. The fraction of sp³-hybridized carbons (Fsp3) is 0.333. The Morgan fingerprint density at radius 3 is 2.76 bits per heavy atom. The summed E-state index contributed by atoms with van der Waals surface area (Å²) in [6.45, 7) is 0. The van der Waals surface area contributed by atoms with E-state index in [0.29, 0.717) is 0 Å². The minimum absolute atomic E-state index is 0. The van der Waals surface area contributed by atoms with Crippen LogP contribution in [0.15, 0.2) is 12.3 Å². The number of pyridine rings is 1. The van der Waals surface area contributed by atoms with Gasteiger partial charge in [0.15, 0.2) is 0 Å². The summed E-state index contributed by atoms with van der Waals surface area (Å²) in [5.74, 6) is -2.95. The number of amides is 3. The summed E-state index contributed by atoms with van der Waals surface area (Å²) in [5.41, 5.74) is -0.415. The van der Waals surface area contributed by atoms with Crippen molar-refractivity contribution >= 4 is 17.7 Å². The van der Waals surface area contributed by atoms with E-state index in [1.165, 1.54) is 6.07 Å². The van der Waals surface area contributed by atoms with E-state index in [-0.39, 0.29) is 33.9 Å². The van der Waals surface area contributed by atoms with Crippen molar-refractivity contribution in [3.05, 3.63) is 35.2 Å². The number of nitrogens with one attached hydrogen (secondary N) is 1. The molecule has 1 fully saturated rings. The van der Waals surface area contributed by atoms with E-state index < -0.39 is 35.3 Å². The van der Waals surface area contributed by atoms with Gasteiger partial charge in [-0.3, -0.25) is 14.9 Å². The summed E-state index contributed by atoms with van der Waals surface area (Å²) < 4.78 is 13.2. The summed E-state index contributed by atoms with van der Waals surface area (Å²) >= 11 is 0. The standard InChI is InChI=1S/C11H9FN3O3.CH4O.W/c12-9-6(2-1-5-13-9)10(17)14-7-3-4-8(16)15-11(7)18;1-2;/h1,5,7H,3-4H2,(H2,14,15,16,17,18);2H,1H3;/q-1;;+2/p-1. The van der Waals surface area contributed by atoms with Gasteiger partial charge < -0.3 is 20.2 Å². The van der Waals surface area contributed by atoms with Crippen LogP contribution >= 0.6 is 0 Å². The summed E-state index contributed by atoms with van der Waals surface area (Å²) in [7, 11) is 1.00. The Balaban J connectivity index is 0.00000128. The molecule has 0 saturated carbocycles. The molecule has 2 rings (SSSR count). The van der Waals surface area contributed by atoms with E-state index >= 15 is 0 Å². The van der Waals surface area contributed by atoms with Crippen LogP contribution < -0.4 is 5.32 Å². The zero-order valence-electron chi connectivity index (χ0n) is 11.0. The van der Waals surface area contributed by atoms with E-state index in [0.717, 1.165) is 13.3 Å². The maximum Gasteiger partial charge on any atom is 2.00 e. The van der Waals surface area contributed by atoms with Gasteiger partial charge in [-0.2, -0.15) is 0 Å². The maximum absolute atomic E-state index is 13.2. The third-order valence-electron chi connectivity index (χ3n) is 2.39. The molecule has 2 heterocycles. The molecule has 1 aliphatic heterocycles. The van der Waals surface area contributed by atoms with E-state index in [1.54, 1.807) is 0 Å². The van der Waals surface area contributed by atoms with Crippen molar-refractivity contribution in [2.45, 2.75) is 18.9 Å². The number of nitrogens with zero attached hydrogens (tertiary/aromatic N) is 2. The summed E-state index contributed by atoms with van der Waals surface area (Å²) in [6, 6.07) is 2.68. The second-order valence-electron chi connectivity index (χ2n) is 3.66. The van der Waals surface area contributed by atoms with Gasteiger partial charge in [0.25, 0.3) is 0 Å². The Labute approximate surface area is 134 Å². The van der Waals surface area contributed by atoms with Crippen LogP contribution in [0.5, 0.6) is 0 Å². The Hall–Kier alpha value is -1.66. The zero-order valence-corrected chi connectivity index (χ0v) is 13.9. The van der Waals surface area contributed by atoms with Crippen LogP contribution in [0, 0.1) is 12.0 Å². The molecule has 0 aliphatic carbocycles. The van der Waals surface area contributed by atoms with Crippen molar-refractivity contribution in [3.63, 3.8) is 0 Å². The van der Waals surface area contributed by atoms with Gasteiger partial charge in [-0.05, 0) is 18.4 Å². The van der Waals surface area contributed by atoms with Gasteiger partial charge in [0.1, 0.15) is 5.95 Å². The maximum atomic E-state index is 13.2. The Morgan fingerprint density at radius 1 is 1.52 bits per heavy atom. The molecule has 21 heavy (non-hydrogen) atoms. The van der Waals surface area contributed by atoms with Crippen molar-refractivity contribution in [1.82, 2.24) is 10.3 Å². The van der Waals surface area contributed by atoms with Crippen molar-refractivity contribution in [1.29, 1.82) is 0 Å².